The van der Waals surface area contributed by atoms with Crippen LogP contribution >= 0.6 is 34.8 Å². The molecule has 58 heavy (non-hydrogen) atoms. The minimum absolute atomic E-state index is 0.0378. The number of nitrogens with zero attached hydrogens (tertiary/aromatic N) is 2. The summed E-state index contributed by atoms with van der Waals surface area (Å²) in [5.74, 6) is -1.77. The highest BCUT2D eigenvalue weighted by Gasteiger charge is 2.42. The lowest BCUT2D eigenvalue weighted by molar-refractivity contribution is -0.123. The predicted octanol–water partition coefficient (Wildman–Crippen LogP) is 9.56. The summed E-state index contributed by atoms with van der Waals surface area (Å²) >= 11 is 18.9. The van der Waals surface area contributed by atoms with Gasteiger partial charge in [-0.25, -0.2) is 8.42 Å². The van der Waals surface area contributed by atoms with Crippen molar-refractivity contribution >= 4 is 79.8 Å². The number of rotatable bonds is 14. The standard InChI is InChI=1S/C43H48Cl3N5O6S/c1-9-34(57-35-20-17-27(42(5,6)10-2)22-31(35)43(7,8)11-3)40(53)47-29-14-12-13-26(21-29)39(52)48-38-36(50-58(55,56)30-18-15-25(4)16-19-30)41(54)51(49-38)37-32(45)23-28(44)24-33(37)46/h12-24,34,36,50H,9-11H2,1-8H3,(H,47,53)(H,48,49,52). The Bertz CT molecular complexity index is 2340. The zero-order valence-corrected chi connectivity index (χ0v) is 36.8. The molecule has 2 unspecified atom stereocenters. The Hall–Kier alpha value is -4.46. The van der Waals surface area contributed by atoms with Crippen LogP contribution in [-0.4, -0.2) is 44.1 Å². The van der Waals surface area contributed by atoms with E-state index in [1.807, 2.05) is 13.0 Å². The molecule has 3 N–H and O–H groups in total. The SMILES string of the molecule is CCC(Oc1ccc(C(C)(C)CC)cc1C(C)(C)CC)C(=O)Nc1cccc(C(=O)NC2=NN(c3c(Cl)cc(Cl)cc3Cl)C(=O)C2NS(=O)(=O)c2ccc(C)cc2)c1. The fourth-order valence-electron chi connectivity index (χ4n) is 6.10. The molecule has 1 aliphatic rings. The Balaban J connectivity index is 1.40. The van der Waals surface area contributed by atoms with Crippen molar-refractivity contribution in [3.8, 4) is 5.75 Å². The zero-order chi connectivity index (χ0) is 42.7. The highest BCUT2D eigenvalue weighted by Crippen LogP contribution is 2.40. The number of benzene rings is 4. The number of sulfonamides is 1. The average molecular weight is 869 g/mol. The molecule has 0 spiro atoms. The van der Waals surface area contributed by atoms with Crippen molar-refractivity contribution in [1.82, 2.24) is 10.0 Å². The van der Waals surface area contributed by atoms with Gasteiger partial charge in [-0.1, -0.05) is 119 Å². The number of carbonyl (C=O) groups excluding carboxylic acids is 3. The van der Waals surface area contributed by atoms with Gasteiger partial charge in [0, 0.05) is 21.8 Å². The maximum absolute atomic E-state index is 13.9. The third kappa shape index (κ3) is 9.86. The molecule has 4 aromatic carbocycles. The first-order valence-corrected chi connectivity index (χ1v) is 21.5. The number of hydrogen-bond donors (Lipinski definition) is 3. The van der Waals surface area contributed by atoms with Crippen LogP contribution in [0.2, 0.25) is 15.1 Å². The molecule has 0 saturated heterocycles. The lowest BCUT2D eigenvalue weighted by Crippen LogP contribution is -2.51. The first kappa shape index (κ1) is 44.6. The molecule has 0 aromatic heterocycles. The number of hydrazone groups is 1. The maximum Gasteiger partial charge on any atom is 0.273 e. The summed E-state index contributed by atoms with van der Waals surface area (Å²) in [6.45, 7) is 16.7. The van der Waals surface area contributed by atoms with E-state index in [0.717, 1.165) is 29.0 Å². The molecule has 1 aliphatic heterocycles. The Morgan fingerprint density at radius 1 is 0.862 bits per heavy atom. The fourth-order valence-corrected chi connectivity index (χ4v) is 8.23. The van der Waals surface area contributed by atoms with Crippen molar-refractivity contribution in [3.63, 3.8) is 0 Å². The second kappa shape index (κ2) is 17.8. The summed E-state index contributed by atoms with van der Waals surface area (Å²) in [4.78, 5) is 41.3. The molecule has 11 nitrogen and oxygen atoms in total. The van der Waals surface area contributed by atoms with E-state index < -0.39 is 39.9 Å². The Morgan fingerprint density at radius 2 is 1.50 bits per heavy atom. The molecule has 308 valence electrons. The number of aryl methyl sites for hydroxylation is 1. The summed E-state index contributed by atoms with van der Waals surface area (Å²) in [6.07, 6.45) is 1.33. The summed E-state index contributed by atoms with van der Waals surface area (Å²) in [5, 5.41) is 10.6. The lowest BCUT2D eigenvalue weighted by Gasteiger charge is -2.31. The van der Waals surface area contributed by atoms with Gasteiger partial charge in [0.25, 0.3) is 17.7 Å². The van der Waals surface area contributed by atoms with Gasteiger partial charge in [0.05, 0.1) is 14.9 Å². The van der Waals surface area contributed by atoms with E-state index in [1.54, 1.807) is 31.2 Å². The van der Waals surface area contributed by atoms with E-state index in [1.165, 1.54) is 42.0 Å². The monoisotopic (exact) mass is 867 g/mol. The number of amidine groups is 1. The summed E-state index contributed by atoms with van der Waals surface area (Å²) in [7, 11) is -4.31. The van der Waals surface area contributed by atoms with Crippen LogP contribution in [0.1, 0.15) is 94.8 Å². The molecular weight excluding hydrogens is 821 g/mol. The van der Waals surface area contributed by atoms with Crippen LogP contribution in [0.3, 0.4) is 0 Å². The summed E-state index contributed by atoms with van der Waals surface area (Å²) in [6, 6.07) is 19.3. The van der Waals surface area contributed by atoms with Gasteiger partial charge in [-0.15, -0.1) is 5.10 Å². The summed E-state index contributed by atoms with van der Waals surface area (Å²) in [5.41, 5.74) is 3.09. The van der Waals surface area contributed by atoms with Crippen molar-refractivity contribution < 1.29 is 27.5 Å². The van der Waals surface area contributed by atoms with E-state index in [4.69, 9.17) is 39.5 Å². The average Bonchev–Trinajstić information content (AvgIpc) is 3.45. The number of anilines is 2. The molecule has 5 rings (SSSR count). The number of nitrogens with one attached hydrogen (secondary N) is 3. The van der Waals surface area contributed by atoms with Gasteiger partial charge in [0.1, 0.15) is 11.4 Å². The van der Waals surface area contributed by atoms with Gasteiger partial charge in [-0.05, 0) is 91.1 Å². The second-order valence-electron chi connectivity index (χ2n) is 15.4. The molecule has 15 heteroatoms. The van der Waals surface area contributed by atoms with Crippen molar-refractivity contribution in [2.45, 2.75) is 103 Å². The topological polar surface area (TPSA) is 146 Å². The van der Waals surface area contributed by atoms with E-state index in [2.05, 4.69) is 74.1 Å². The normalized spacial score (nSPS) is 15.2. The molecule has 0 saturated carbocycles. The molecule has 1 heterocycles. The van der Waals surface area contributed by atoms with Crippen LogP contribution in [0.15, 0.2) is 88.9 Å². The molecule has 4 aromatic rings. The third-order valence-electron chi connectivity index (χ3n) is 10.6. The first-order valence-electron chi connectivity index (χ1n) is 18.9. The van der Waals surface area contributed by atoms with Crippen LogP contribution < -0.4 is 25.1 Å². The van der Waals surface area contributed by atoms with Crippen LogP contribution in [0.5, 0.6) is 5.75 Å². The van der Waals surface area contributed by atoms with Crippen molar-refractivity contribution in [2.75, 3.05) is 10.3 Å². The highest BCUT2D eigenvalue weighted by molar-refractivity contribution is 7.89. The fraction of sp³-hybridized carbons (Fsp3) is 0.349. The van der Waals surface area contributed by atoms with E-state index in [9.17, 15) is 22.8 Å². The maximum atomic E-state index is 13.9. The summed E-state index contributed by atoms with van der Waals surface area (Å²) < 4.78 is 35.8. The van der Waals surface area contributed by atoms with Gasteiger partial charge in [0.15, 0.2) is 18.0 Å². The van der Waals surface area contributed by atoms with Crippen molar-refractivity contribution in [1.29, 1.82) is 0 Å². The first-order chi connectivity index (χ1) is 27.2. The number of ether oxygens (including phenoxy) is 1. The van der Waals surface area contributed by atoms with Crippen molar-refractivity contribution in [2.24, 2.45) is 5.10 Å². The molecule has 2 atom stereocenters. The second-order valence-corrected chi connectivity index (χ2v) is 18.4. The van der Waals surface area contributed by atoms with E-state index in [0.29, 0.717) is 17.9 Å². The van der Waals surface area contributed by atoms with Crippen molar-refractivity contribution in [3.05, 3.63) is 116 Å². The van der Waals surface area contributed by atoms with Crippen LogP contribution in [0, 0.1) is 6.92 Å². The van der Waals surface area contributed by atoms with Gasteiger partial charge >= 0.3 is 0 Å². The van der Waals surface area contributed by atoms with E-state index in [-0.39, 0.29) is 47.9 Å². The Labute approximate surface area is 355 Å². The van der Waals surface area contributed by atoms with Gasteiger partial charge < -0.3 is 15.4 Å². The van der Waals surface area contributed by atoms with Crippen LogP contribution in [0.4, 0.5) is 11.4 Å². The third-order valence-corrected chi connectivity index (χ3v) is 12.8. The minimum atomic E-state index is -4.31. The van der Waals surface area contributed by atoms with Crippen LogP contribution in [-0.2, 0) is 30.4 Å². The number of halogens is 3. The molecule has 0 fully saturated rings. The highest BCUT2D eigenvalue weighted by atomic mass is 35.5. The largest absolute Gasteiger partial charge is 0.480 e. The molecule has 3 amide bonds. The number of amides is 3. The van der Waals surface area contributed by atoms with Gasteiger partial charge in [0.2, 0.25) is 10.0 Å². The molecule has 0 bridgehead atoms. The minimum Gasteiger partial charge on any atom is -0.480 e. The lowest BCUT2D eigenvalue weighted by atomic mass is 9.76. The zero-order valence-electron chi connectivity index (χ0n) is 33.7. The van der Waals surface area contributed by atoms with Gasteiger partial charge in [-0.3, -0.25) is 14.4 Å². The Morgan fingerprint density at radius 3 is 2.10 bits per heavy atom. The Kier molecular flexibility index (Phi) is 13.7. The van der Waals surface area contributed by atoms with Crippen LogP contribution in [0.25, 0.3) is 0 Å². The quantitative estimate of drug-likeness (QED) is 0.115. The smallest absolute Gasteiger partial charge is 0.273 e. The van der Waals surface area contributed by atoms with E-state index >= 15 is 0 Å². The molecule has 0 radical (unpaired) electrons. The number of hydrogen-bond acceptors (Lipinski definition) is 7. The molecular formula is C43H48Cl3N5O6S. The van der Waals surface area contributed by atoms with Gasteiger partial charge in [-0.2, -0.15) is 9.73 Å². The predicted molar refractivity (Wildman–Crippen MR) is 232 cm³/mol. The molecule has 0 aliphatic carbocycles. The number of carbonyl (C=O) groups is 3.